The number of carbonyl (C=O) groups excluding carboxylic acids is 1. The van der Waals surface area contributed by atoms with Crippen LogP contribution in [0.5, 0.6) is 0 Å². The van der Waals surface area contributed by atoms with E-state index in [1.807, 2.05) is 15.5 Å². The number of aromatic nitrogens is 2. The Hall–Kier alpha value is -1.90. The highest BCUT2D eigenvalue weighted by molar-refractivity contribution is 6.31. The molecule has 1 amide bonds. The van der Waals surface area contributed by atoms with Gasteiger partial charge in [0.25, 0.3) is 0 Å². The van der Waals surface area contributed by atoms with Crippen LogP contribution in [0.15, 0.2) is 18.2 Å². The average molecular weight is 396 g/mol. The molecule has 0 aliphatic carbocycles. The van der Waals surface area contributed by atoms with Crippen LogP contribution in [0.3, 0.4) is 0 Å². The van der Waals surface area contributed by atoms with Crippen LogP contribution < -0.4 is 10.6 Å². The first kappa shape index (κ1) is 18.5. The fraction of sp³-hybridized carbons (Fsp3) is 0.556. The van der Waals surface area contributed by atoms with Crippen molar-refractivity contribution in [3.8, 4) is 0 Å². The number of nitrogens with two attached hydrogens (primary N) is 1. The number of imidazole rings is 1. The fourth-order valence-electron chi connectivity index (χ4n) is 3.67. The molecule has 0 saturated carbocycles. The van der Waals surface area contributed by atoms with E-state index in [0.717, 1.165) is 5.52 Å². The number of piperidine rings is 1. The van der Waals surface area contributed by atoms with Crippen molar-refractivity contribution in [1.29, 1.82) is 0 Å². The molecule has 0 bridgehead atoms. The lowest BCUT2D eigenvalue weighted by Gasteiger charge is -2.34. The van der Waals surface area contributed by atoms with Crippen LogP contribution in [0.4, 0.5) is 10.3 Å². The molecule has 2 aromatic rings. The number of halogens is 2. The molecule has 0 unspecified atom stereocenters. The van der Waals surface area contributed by atoms with E-state index < -0.39 is 12.2 Å². The van der Waals surface area contributed by atoms with Crippen molar-refractivity contribution in [3.63, 3.8) is 0 Å². The van der Waals surface area contributed by atoms with Crippen molar-refractivity contribution in [2.45, 2.75) is 25.2 Å². The third-order valence-corrected chi connectivity index (χ3v) is 5.44. The maximum Gasteiger partial charge on any atom is 0.242 e. The number of carbonyl (C=O) groups is 1. The molecule has 9 heteroatoms. The van der Waals surface area contributed by atoms with Crippen LogP contribution in [0, 0.1) is 0 Å². The normalized spacial score (nSPS) is 23.8. The first-order chi connectivity index (χ1) is 13.0. The highest BCUT2D eigenvalue weighted by Gasteiger charge is 2.30. The van der Waals surface area contributed by atoms with Gasteiger partial charge in [-0.25, -0.2) is 9.37 Å². The third-order valence-electron chi connectivity index (χ3n) is 5.20. The van der Waals surface area contributed by atoms with Crippen molar-refractivity contribution >= 4 is 34.5 Å². The fourth-order valence-corrected chi connectivity index (χ4v) is 3.84. The van der Waals surface area contributed by atoms with Gasteiger partial charge in [0.1, 0.15) is 12.7 Å². The van der Waals surface area contributed by atoms with E-state index in [2.05, 4.69) is 4.98 Å². The van der Waals surface area contributed by atoms with Crippen LogP contribution in [-0.2, 0) is 16.1 Å². The first-order valence-electron chi connectivity index (χ1n) is 9.19. The second-order valence-electron chi connectivity index (χ2n) is 7.04. The zero-order chi connectivity index (χ0) is 19.0. The summed E-state index contributed by atoms with van der Waals surface area (Å²) in [6.07, 6.45) is -0.661. The SMILES string of the molecule is N[C@@H]1CN(c2nc3cc(Cl)ccc3n2CC(=O)N2CCOCC2)CC[C@H]1F. The number of morpholine rings is 1. The van der Waals surface area contributed by atoms with Crippen LogP contribution >= 0.6 is 11.6 Å². The molecular formula is C18H23ClFN5O2. The first-order valence-corrected chi connectivity index (χ1v) is 9.56. The molecule has 0 radical (unpaired) electrons. The Bertz CT molecular complexity index is 839. The largest absolute Gasteiger partial charge is 0.378 e. The lowest BCUT2D eigenvalue weighted by molar-refractivity contribution is -0.135. The smallest absolute Gasteiger partial charge is 0.242 e. The summed E-state index contributed by atoms with van der Waals surface area (Å²) in [5.41, 5.74) is 7.47. The molecule has 7 nitrogen and oxygen atoms in total. The number of hydrogen-bond donors (Lipinski definition) is 1. The molecule has 2 atom stereocenters. The topological polar surface area (TPSA) is 76.6 Å². The van der Waals surface area contributed by atoms with Gasteiger partial charge in [0.15, 0.2) is 0 Å². The highest BCUT2D eigenvalue weighted by atomic mass is 35.5. The van der Waals surface area contributed by atoms with E-state index in [1.165, 1.54) is 0 Å². The van der Waals surface area contributed by atoms with E-state index in [9.17, 15) is 9.18 Å². The van der Waals surface area contributed by atoms with Gasteiger partial charge in [-0.2, -0.15) is 0 Å². The zero-order valence-electron chi connectivity index (χ0n) is 15.0. The van der Waals surface area contributed by atoms with Gasteiger partial charge in [-0.15, -0.1) is 0 Å². The minimum atomic E-state index is -1.01. The molecule has 146 valence electrons. The number of nitrogens with zero attached hydrogens (tertiary/aromatic N) is 4. The van der Waals surface area contributed by atoms with Crippen molar-refractivity contribution in [2.75, 3.05) is 44.3 Å². The quantitative estimate of drug-likeness (QED) is 0.850. The Kier molecular flexibility index (Phi) is 5.21. The molecule has 2 saturated heterocycles. The Morgan fingerprint density at radius 2 is 2.11 bits per heavy atom. The minimum Gasteiger partial charge on any atom is -0.378 e. The van der Waals surface area contributed by atoms with Crippen molar-refractivity contribution in [2.24, 2.45) is 5.73 Å². The zero-order valence-corrected chi connectivity index (χ0v) is 15.7. The van der Waals surface area contributed by atoms with Crippen molar-refractivity contribution < 1.29 is 13.9 Å². The summed E-state index contributed by atoms with van der Waals surface area (Å²) in [4.78, 5) is 21.3. The predicted molar refractivity (Wildman–Crippen MR) is 102 cm³/mol. The van der Waals surface area contributed by atoms with E-state index in [1.54, 1.807) is 17.0 Å². The molecule has 2 aliphatic heterocycles. The Morgan fingerprint density at radius 3 is 2.85 bits per heavy atom. The van der Waals surface area contributed by atoms with Crippen molar-refractivity contribution in [3.05, 3.63) is 23.2 Å². The van der Waals surface area contributed by atoms with Gasteiger partial charge in [-0.3, -0.25) is 4.79 Å². The van der Waals surface area contributed by atoms with E-state index in [4.69, 9.17) is 22.1 Å². The lowest BCUT2D eigenvalue weighted by atomic mass is 10.1. The number of alkyl halides is 1. The monoisotopic (exact) mass is 395 g/mol. The summed E-state index contributed by atoms with van der Waals surface area (Å²) < 4.78 is 21.0. The number of benzene rings is 1. The molecule has 27 heavy (non-hydrogen) atoms. The number of hydrogen-bond acceptors (Lipinski definition) is 5. The number of rotatable bonds is 3. The standard InChI is InChI=1S/C18H23ClFN5O2/c19-12-1-2-16-15(9-12)22-18(24-4-3-13(20)14(21)10-24)25(16)11-17(26)23-5-7-27-8-6-23/h1-2,9,13-14H,3-8,10-11,21H2/t13-,14-/m1/s1. The number of fused-ring (bicyclic) bond motifs is 1. The predicted octanol–water partition coefficient (Wildman–Crippen LogP) is 1.42. The van der Waals surface area contributed by atoms with Crippen LogP contribution in [0.2, 0.25) is 5.02 Å². The van der Waals surface area contributed by atoms with Gasteiger partial charge in [0, 0.05) is 31.2 Å². The Balaban J connectivity index is 1.67. The molecule has 0 spiro atoms. The molecule has 4 rings (SSSR count). The minimum absolute atomic E-state index is 0.0125. The summed E-state index contributed by atoms with van der Waals surface area (Å²) >= 11 is 6.11. The van der Waals surface area contributed by atoms with Gasteiger partial charge in [-0.1, -0.05) is 11.6 Å². The second kappa shape index (κ2) is 7.61. The van der Waals surface area contributed by atoms with Gasteiger partial charge in [0.05, 0.1) is 30.3 Å². The summed E-state index contributed by atoms with van der Waals surface area (Å²) in [7, 11) is 0. The van der Waals surface area contributed by atoms with E-state index in [0.29, 0.717) is 62.3 Å². The molecule has 1 aromatic heterocycles. The van der Waals surface area contributed by atoms with Gasteiger partial charge in [0.2, 0.25) is 11.9 Å². The van der Waals surface area contributed by atoms with Gasteiger partial charge >= 0.3 is 0 Å². The Morgan fingerprint density at radius 1 is 1.33 bits per heavy atom. The van der Waals surface area contributed by atoms with Crippen LogP contribution in [0.1, 0.15) is 6.42 Å². The van der Waals surface area contributed by atoms with Crippen LogP contribution in [0.25, 0.3) is 11.0 Å². The molecule has 3 heterocycles. The van der Waals surface area contributed by atoms with Crippen molar-refractivity contribution in [1.82, 2.24) is 14.5 Å². The second-order valence-corrected chi connectivity index (χ2v) is 7.48. The molecular weight excluding hydrogens is 373 g/mol. The molecule has 2 N–H and O–H groups in total. The summed E-state index contributed by atoms with van der Waals surface area (Å²) in [5.74, 6) is 0.648. The highest BCUT2D eigenvalue weighted by Crippen LogP contribution is 2.28. The Labute approximate surface area is 161 Å². The maximum absolute atomic E-state index is 13.8. The van der Waals surface area contributed by atoms with E-state index in [-0.39, 0.29) is 12.5 Å². The van der Waals surface area contributed by atoms with Gasteiger partial charge in [-0.05, 0) is 24.6 Å². The maximum atomic E-state index is 13.8. The molecule has 2 fully saturated rings. The third kappa shape index (κ3) is 3.74. The average Bonchev–Trinajstić information content (AvgIpc) is 3.02. The van der Waals surface area contributed by atoms with Gasteiger partial charge < -0.3 is 24.8 Å². The number of amides is 1. The van der Waals surface area contributed by atoms with Crippen LogP contribution in [-0.4, -0.2) is 72.0 Å². The lowest BCUT2D eigenvalue weighted by Crippen LogP contribution is -2.50. The summed E-state index contributed by atoms with van der Waals surface area (Å²) in [6, 6.07) is 4.86. The number of ether oxygens (including phenoxy) is 1. The molecule has 1 aromatic carbocycles. The summed E-state index contributed by atoms with van der Waals surface area (Å²) in [6.45, 7) is 3.32. The molecule has 2 aliphatic rings. The number of anilines is 1. The van der Waals surface area contributed by atoms with E-state index >= 15 is 0 Å². The summed E-state index contributed by atoms with van der Waals surface area (Å²) in [5, 5.41) is 0.581.